The molecule has 0 saturated carbocycles. The van der Waals surface area contributed by atoms with Gasteiger partial charge in [0, 0.05) is 6.42 Å². The summed E-state index contributed by atoms with van der Waals surface area (Å²) in [4.78, 5) is 13.0. The maximum absolute atomic E-state index is 13.0. The van der Waals surface area contributed by atoms with Crippen molar-refractivity contribution >= 4 is 5.91 Å². The minimum Gasteiger partial charge on any atom is -0.394 e. The van der Waals surface area contributed by atoms with Gasteiger partial charge in [0.2, 0.25) is 5.91 Å². The molecule has 1 aliphatic rings. The van der Waals surface area contributed by atoms with Gasteiger partial charge in [-0.2, -0.15) is 0 Å². The van der Waals surface area contributed by atoms with Crippen molar-refractivity contribution < 1.29 is 39.8 Å². The third-order valence-corrected chi connectivity index (χ3v) is 11.6. The topological polar surface area (TPSA) is 149 Å². The van der Waals surface area contributed by atoms with E-state index in [4.69, 9.17) is 9.47 Å². The number of hydrogen-bond donors (Lipinski definition) is 6. The molecule has 0 aliphatic carbocycles. The first-order valence-electron chi connectivity index (χ1n) is 26.2. The molecule has 0 spiro atoms. The minimum atomic E-state index is -1.57. The molecule has 9 heteroatoms. The van der Waals surface area contributed by atoms with Gasteiger partial charge < -0.3 is 40.3 Å². The van der Waals surface area contributed by atoms with Crippen molar-refractivity contribution in [3.05, 3.63) is 122 Å². The Bertz CT molecular complexity index is 1460. The smallest absolute Gasteiger partial charge is 0.220 e. The summed E-state index contributed by atoms with van der Waals surface area (Å²) in [6, 6.07) is -0.750. The van der Waals surface area contributed by atoms with E-state index < -0.39 is 49.5 Å². The third-order valence-electron chi connectivity index (χ3n) is 11.6. The molecule has 0 bridgehead atoms. The number of aliphatic hydroxyl groups excluding tert-OH is 5. The molecule has 380 valence electrons. The van der Waals surface area contributed by atoms with Gasteiger partial charge >= 0.3 is 0 Å². The largest absolute Gasteiger partial charge is 0.394 e. The molecule has 0 aromatic heterocycles. The Kier molecular flexibility index (Phi) is 42.6. The Hall–Kier alpha value is -3.41. The first kappa shape index (κ1) is 61.6. The van der Waals surface area contributed by atoms with Crippen LogP contribution in [-0.2, 0) is 14.3 Å². The zero-order valence-corrected chi connectivity index (χ0v) is 41.8. The molecule has 1 fully saturated rings. The molecule has 7 atom stereocenters. The first-order valence-corrected chi connectivity index (χ1v) is 26.2. The lowest BCUT2D eigenvalue weighted by molar-refractivity contribution is -0.302. The van der Waals surface area contributed by atoms with E-state index in [2.05, 4.69) is 141 Å². The summed E-state index contributed by atoms with van der Waals surface area (Å²) in [5, 5.41) is 54.3. The molecule has 1 aliphatic heterocycles. The van der Waals surface area contributed by atoms with Crippen molar-refractivity contribution in [3.63, 3.8) is 0 Å². The van der Waals surface area contributed by atoms with Crippen LogP contribution in [0.4, 0.5) is 0 Å². The molecule has 1 heterocycles. The van der Waals surface area contributed by atoms with Crippen molar-refractivity contribution in [1.82, 2.24) is 5.32 Å². The first-order chi connectivity index (χ1) is 32.8. The summed E-state index contributed by atoms with van der Waals surface area (Å²) in [6.45, 7) is 3.66. The van der Waals surface area contributed by atoms with Gasteiger partial charge in [0.1, 0.15) is 24.4 Å². The number of nitrogens with one attached hydrogen (secondary N) is 1. The van der Waals surface area contributed by atoms with Gasteiger partial charge in [0.05, 0.1) is 25.4 Å². The molecule has 7 unspecified atom stereocenters. The number of unbranched alkanes of at least 4 members (excludes halogenated alkanes) is 12. The number of rotatable bonds is 42. The maximum atomic E-state index is 13.0. The summed E-state index contributed by atoms with van der Waals surface area (Å²) in [5.41, 5.74) is 0. The maximum Gasteiger partial charge on any atom is 0.220 e. The molecule has 1 rings (SSSR count). The zero-order valence-electron chi connectivity index (χ0n) is 41.8. The lowest BCUT2D eigenvalue weighted by Crippen LogP contribution is -2.60. The van der Waals surface area contributed by atoms with Gasteiger partial charge in [-0.3, -0.25) is 4.79 Å². The van der Waals surface area contributed by atoms with Crippen LogP contribution in [0, 0.1) is 0 Å². The fourth-order valence-electron chi connectivity index (χ4n) is 7.42. The van der Waals surface area contributed by atoms with E-state index in [1.54, 1.807) is 0 Å². The lowest BCUT2D eigenvalue weighted by Gasteiger charge is -2.40. The molecule has 1 saturated heterocycles. The van der Waals surface area contributed by atoms with Crippen LogP contribution in [0.25, 0.3) is 0 Å². The molecule has 67 heavy (non-hydrogen) atoms. The number of aliphatic hydroxyl groups is 5. The van der Waals surface area contributed by atoms with Crippen LogP contribution in [0.2, 0.25) is 0 Å². The summed E-state index contributed by atoms with van der Waals surface area (Å²) < 4.78 is 11.2. The predicted octanol–water partition coefficient (Wildman–Crippen LogP) is 12.4. The van der Waals surface area contributed by atoms with Crippen LogP contribution < -0.4 is 5.32 Å². The summed E-state index contributed by atoms with van der Waals surface area (Å²) in [7, 11) is 0. The Morgan fingerprint density at radius 2 is 0.925 bits per heavy atom. The average Bonchev–Trinajstić information content (AvgIpc) is 3.33. The highest BCUT2D eigenvalue weighted by atomic mass is 16.7. The summed E-state index contributed by atoms with van der Waals surface area (Å²) >= 11 is 0. The standard InChI is InChI=1S/C58H95NO8/c1-3-5-7-9-11-13-15-16-17-18-19-20-21-22-23-24-25-26-27-28-29-30-31-32-33-34-35-36-38-40-42-44-46-48-54(62)59-51(50-66-58-57(65)56(64)55(63)53(49-60)67-58)52(61)47-45-43-41-39-37-14-12-10-8-6-4-2/h5,7,11,13,16-17,19-20,22-23,25-26,28-29,31-32,34-35,38,40,51-53,55-58,60-61,63-65H,3-4,6,8-10,12,14-15,18,21,24,27,30,33,36-37,39,41-50H2,1-2H3,(H,59,62)/b7-5-,13-11-,17-16-,20-19-,23-22-,26-25-,29-28-,32-31-,35-34-,40-38-. The summed E-state index contributed by atoms with van der Waals surface area (Å²) in [6.07, 6.45) is 62.2. The second-order valence-electron chi connectivity index (χ2n) is 17.6. The number of carbonyl (C=O) groups is 1. The van der Waals surface area contributed by atoms with Crippen LogP contribution >= 0.6 is 0 Å². The van der Waals surface area contributed by atoms with Crippen molar-refractivity contribution in [2.45, 2.75) is 224 Å². The Labute approximate surface area is 408 Å². The zero-order chi connectivity index (χ0) is 48.7. The van der Waals surface area contributed by atoms with Gasteiger partial charge in [0.15, 0.2) is 6.29 Å². The van der Waals surface area contributed by atoms with E-state index in [0.717, 1.165) is 96.3 Å². The second kappa shape index (κ2) is 46.3. The van der Waals surface area contributed by atoms with Gasteiger partial charge in [-0.1, -0.05) is 206 Å². The molecule has 9 nitrogen and oxygen atoms in total. The Morgan fingerprint density at radius 1 is 0.522 bits per heavy atom. The van der Waals surface area contributed by atoms with Crippen LogP contribution in [0.3, 0.4) is 0 Å². The van der Waals surface area contributed by atoms with E-state index in [1.807, 2.05) is 0 Å². The molecular formula is C58H95NO8. The molecular weight excluding hydrogens is 839 g/mol. The van der Waals surface area contributed by atoms with Crippen LogP contribution in [-0.4, -0.2) is 87.5 Å². The number of allylic oxidation sites excluding steroid dienone is 20. The minimum absolute atomic E-state index is 0.164. The van der Waals surface area contributed by atoms with Gasteiger partial charge in [-0.05, 0) is 89.9 Å². The molecule has 1 amide bonds. The molecule has 6 N–H and O–H groups in total. The highest BCUT2D eigenvalue weighted by Crippen LogP contribution is 2.23. The third kappa shape index (κ3) is 36.3. The molecule has 0 radical (unpaired) electrons. The van der Waals surface area contributed by atoms with Gasteiger partial charge in [-0.15, -0.1) is 0 Å². The van der Waals surface area contributed by atoms with Crippen molar-refractivity contribution in [1.29, 1.82) is 0 Å². The number of hydrogen-bond acceptors (Lipinski definition) is 8. The predicted molar refractivity (Wildman–Crippen MR) is 280 cm³/mol. The SMILES string of the molecule is CC/C=C\C/C=C\C/C=C\C/C=C\C/C=C\C/C=C\C/C=C\C/C=C\C/C=C\C/C=C\CCCCC(=O)NC(COC1OC(CO)C(O)C(O)C1O)C(O)CCCCCCCCCCCCC. The van der Waals surface area contributed by atoms with Crippen LogP contribution in [0.15, 0.2) is 122 Å². The van der Waals surface area contributed by atoms with Crippen molar-refractivity contribution in [2.24, 2.45) is 0 Å². The fourth-order valence-corrected chi connectivity index (χ4v) is 7.42. The molecule has 0 aromatic rings. The Morgan fingerprint density at radius 3 is 1.34 bits per heavy atom. The fraction of sp³-hybridized carbons (Fsp3) is 0.638. The van der Waals surface area contributed by atoms with Gasteiger partial charge in [-0.25, -0.2) is 0 Å². The van der Waals surface area contributed by atoms with Crippen LogP contribution in [0.1, 0.15) is 181 Å². The van der Waals surface area contributed by atoms with E-state index in [0.29, 0.717) is 19.3 Å². The monoisotopic (exact) mass is 934 g/mol. The number of carbonyl (C=O) groups excluding carboxylic acids is 1. The van der Waals surface area contributed by atoms with E-state index >= 15 is 0 Å². The van der Waals surface area contributed by atoms with Crippen molar-refractivity contribution in [2.75, 3.05) is 13.2 Å². The normalized spacial score (nSPS) is 20.7. The van der Waals surface area contributed by atoms with E-state index in [9.17, 15) is 30.3 Å². The second-order valence-corrected chi connectivity index (χ2v) is 17.6. The van der Waals surface area contributed by atoms with E-state index in [-0.39, 0.29) is 12.5 Å². The van der Waals surface area contributed by atoms with Crippen molar-refractivity contribution in [3.8, 4) is 0 Å². The number of amides is 1. The summed E-state index contributed by atoms with van der Waals surface area (Å²) in [5.74, 6) is -0.194. The lowest BCUT2D eigenvalue weighted by atomic mass is 9.99. The van der Waals surface area contributed by atoms with Crippen LogP contribution in [0.5, 0.6) is 0 Å². The van der Waals surface area contributed by atoms with Gasteiger partial charge in [0.25, 0.3) is 0 Å². The highest BCUT2D eigenvalue weighted by molar-refractivity contribution is 5.76. The Balaban J connectivity index is 2.25. The van der Waals surface area contributed by atoms with E-state index in [1.165, 1.54) is 51.4 Å². The quantitative estimate of drug-likeness (QED) is 0.0262. The molecule has 0 aromatic carbocycles. The highest BCUT2D eigenvalue weighted by Gasteiger charge is 2.44. The number of ether oxygens (including phenoxy) is 2. The average molecular weight is 934 g/mol.